The smallest absolute Gasteiger partial charge is 0.415 e. The molecular weight excluding hydrogens is 438 g/mol. The van der Waals surface area contributed by atoms with E-state index in [2.05, 4.69) is 37.3 Å². The summed E-state index contributed by atoms with van der Waals surface area (Å²) in [6.45, 7) is 6.44. The highest BCUT2D eigenvalue weighted by atomic mass is 16.6. The molecule has 1 aromatic carbocycles. The molecule has 4 rings (SSSR count). The van der Waals surface area contributed by atoms with Gasteiger partial charge in [0.15, 0.2) is 17.0 Å². The molecular formula is C23H31N7O4. The number of likely N-dealkylation sites (tertiary alicyclic amines) is 1. The summed E-state index contributed by atoms with van der Waals surface area (Å²) in [5.74, 6) is 0.139. The van der Waals surface area contributed by atoms with E-state index in [0.717, 1.165) is 25.2 Å². The van der Waals surface area contributed by atoms with Gasteiger partial charge in [-0.25, -0.2) is 4.79 Å². The molecule has 182 valence electrons. The second-order valence-electron chi connectivity index (χ2n) is 8.11. The molecule has 0 atom stereocenters. The summed E-state index contributed by atoms with van der Waals surface area (Å²) in [5.41, 5.74) is 9.16. The molecule has 1 fully saturated rings. The predicted octanol–water partition coefficient (Wildman–Crippen LogP) is 2.19. The van der Waals surface area contributed by atoms with E-state index < -0.39 is 6.09 Å². The fourth-order valence-electron chi connectivity index (χ4n) is 3.95. The number of ether oxygens (including phenoxy) is 3. The monoisotopic (exact) mass is 469 g/mol. The van der Waals surface area contributed by atoms with Gasteiger partial charge in [0.1, 0.15) is 6.61 Å². The van der Waals surface area contributed by atoms with Crippen LogP contribution in [0.1, 0.15) is 30.9 Å². The van der Waals surface area contributed by atoms with Crippen molar-refractivity contribution in [3.8, 4) is 12.0 Å². The number of carbonyl (C=O) groups excluding carboxylic acids is 1. The van der Waals surface area contributed by atoms with E-state index in [9.17, 15) is 4.79 Å². The largest absolute Gasteiger partial charge is 0.461 e. The van der Waals surface area contributed by atoms with Crippen LogP contribution in [0.5, 0.6) is 12.0 Å². The second kappa shape index (κ2) is 11.1. The molecule has 2 aromatic heterocycles. The fourth-order valence-corrected chi connectivity index (χ4v) is 3.95. The third-order valence-corrected chi connectivity index (χ3v) is 5.53. The van der Waals surface area contributed by atoms with Gasteiger partial charge in [0.25, 0.3) is 0 Å². The molecule has 3 aromatic rings. The number of amides is 1. The standard InChI is InChI=1S/C23H31N7O4/c1-3-25-23(31)34-22-26-18-19(24)27-21(33-12-11-32-2)28-20(18)30(22)15-17-8-6-7-16(13-17)14-29-9-4-5-10-29/h6-8,13H,3-5,9-12,14-15H2,1-2H3,(H,25,31)(H2,24,27,28). The number of nitrogens with zero attached hydrogens (tertiary/aromatic N) is 5. The maximum absolute atomic E-state index is 12.2. The molecule has 0 saturated carbocycles. The SMILES string of the molecule is CCNC(=O)Oc1nc2c(N)nc(OCCOC)nc2n1Cc1cccc(CN2CCCC2)c1. The van der Waals surface area contributed by atoms with Crippen molar-refractivity contribution in [3.63, 3.8) is 0 Å². The van der Waals surface area contributed by atoms with E-state index in [1.807, 2.05) is 19.1 Å². The summed E-state index contributed by atoms with van der Waals surface area (Å²) < 4.78 is 17.8. The summed E-state index contributed by atoms with van der Waals surface area (Å²) >= 11 is 0. The first-order valence-corrected chi connectivity index (χ1v) is 11.5. The summed E-state index contributed by atoms with van der Waals surface area (Å²) in [6.07, 6.45) is 1.89. The van der Waals surface area contributed by atoms with Crippen LogP contribution in [0.2, 0.25) is 0 Å². The minimum atomic E-state index is -0.607. The van der Waals surface area contributed by atoms with Gasteiger partial charge >= 0.3 is 18.1 Å². The van der Waals surface area contributed by atoms with Gasteiger partial charge in [0.05, 0.1) is 13.2 Å². The van der Waals surface area contributed by atoms with Crippen molar-refractivity contribution in [1.29, 1.82) is 0 Å². The molecule has 3 N–H and O–H groups in total. The lowest BCUT2D eigenvalue weighted by Gasteiger charge is -2.15. The Labute approximate surface area is 198 Å². The van der Waals surface area contributed by atoms with E-state index >= 15 is 0 Å². The molecule has 1 aliphatic heterocycles. The van der Waals surface area contributed by atoms with Gasteiger partial charge in [-0.2, -0.15) is 15.0 Å². The van der Waals surface area contributed by atoms with Crippen LogP contribution in [0.15, 0.2) is 24.3 Å². The highest BCUT2D eigenvalue weighted by Gasteiger charge is 2.21. The lowest BCUT2D eigenvalue weighted by atomic mass is 10.1. The lowest BCUT2D eigenvalue weighted by molar-refractivity contribution is 0.141. The maximum atomic E-state index is 12.2. The number of anilines is 1. The molecule has 0 radical (unpaired) electrons. The second-order valence-corrected chi connectivity index (χ2v) is 8.11. The Bertz CT molecular complexity index is 1130. The predicted molar refractivity (Wildman–Crippen MR) is 127 cm³/mol. The molecule has 0 bridgehead atoms. The van der Waals surface area contributed by atoms with E-state index in [1.54, 1.807) is 11.7 Å². The average molecular weight is 470 g/mol. The van der Waals surface area contributed by atoms with Crippen molar-refractivity contribution in [3.05, 3.63) is 35.4 Å². The number of methoxy groups -OCH3 is 1. The van der Waals surface area contributed by atoms with Gasteiger partial charge in [-0.3, -0.25) is 9.47 Å². The zero-order valence-corrected chi connectivity index (χ0v) is 19.6. The number of nitrogens with two attached hydrogens (primary N) is 1. The number of carbonyl (C=O) groups is 1. The number of rotatable bonds is 10. The van der Waals surface area contributed by atoms with E-state index in [4.69, 9.17) is 19.9 Å². The first-order valence-electron chi connectivity index (χ1n) is 11.5. The molecule has 34 heavy (non-hydrogen) atoms. The lowest BCUT2D eigenvalue weighted by Crippen LogP contribution is -2.27. The molecule has 0 aliphatic carbocycles. The number of imidazole rings is 1. The average Bonchev–Trinajstić information content (AvgIpc) is 3.43. The normalized spacial score (nSPS) is 13.9. The Morgan fingerprint density at radius 2 is 1.88 bits per heavy atom. The van der Waals surface area contributed by atoms with Gasteiger partial charge in [0.2, 0.25) is 0 Å². The fraction of sp³-hybridized carbons (Fsp3) is 0.478. The molecule has 0 spiro atoms. The summed E-state index contributed by atoms with van der Waals surface area (Å²) in [5, 5.41) is 2.61. The van der Waals surface area contributed by atoms with Crippen LogP contribution < -0.4 is 20.5 Å². The van der Waals surface area contributed by atoms with Crippen molar-refractivity contribution >= 4 is 23.1 Å². The van der Waals surface area contributed by atoms with Gasteiger partial charge in [0, 0.05) is 20.2 Å². The molecule has 3 heterocycles. The Kier molecular flexibility index (Phi) is 7.76. The molecule has 11 nitrogen and oxygen atoms in total. The van der Waals surface area contributed by atoms with Crippen LogP contribution in [0, 0.1) is 0 Å². The first kappa shape index (κ1) is 23.7. The van der Waals surface area contributed by atoms with Crippen LogP contribution in [0.3, 0.4) is 0 Å². The first-order chi connectivity index (χ1) is 16.6. The summed E-state index contributed by atoms with van der Waals surface area (Å²) in [4.78, 5) is 27.7. The van der Waals surface area contributed by atoms with Crippen LogP contribution in [0.4, 0.5) is 10.6 Å². The Hall–Kier alpha value is -3.44. The third-order valence-electron chi connectivity index (χ3n) is 5.53. The van der Waals surface area contributed by atoms with Gasteiger partial charge in [-0.1, -0.05) is 24.3 Å². The zero-order chi connectivity index (χ0) is 23.9. The van der Waals surface area contributed by atoms with E-state index in [0.29, 0.717) is 30.9 Å². The zero-order valence-electron chi connectivity index (χ0n) is 19.6. The Morgan fingerprint density at radius 1 is 1.12 bits per heavy atom. The van der Waals surface area contributed by atoms with Crippen molar-refractivity contribution in [2.75, 3.05) is 45.7 Å². The highest BCUT2D eigenvalue weighted by Crippen LogP contribution is 2.27. The van der Waals surface area contributed by atoms with E-state index in [1.165, 1.54) is 18.4 Å². The number of nitrogens with one attached hydrogen (secondary N) is 1. The van der Waals surface area contributed by atoms with Crippen LogP contribution in [-0.2, 0) is 17.8 Å². The highest BCUT2D eigenvalue weighted by molar-refractivity contribution is 5.84. The number of benzene rings is 1. The number of hydrogen-bond acceptors (Lipinski definition) is 9. The number of aromatic nitrogens is 4. The number of fused-ring (bicyclic) bond motifs is 1. The van der Waals surface area contributed by atoms with Crippen molar-refractivity contribution in [1.82, 2.24) is 29.7 Å². The minimum Gasteiger partial charge on any atom is -0.461 e. The maximum Gasteiger partial charge on any atom is 0.415 e. The summed E-state index contributed by atoms with van der Waals surface area (Å²) in [6, 6.07) is 8.53. The number of nitrogen functional groups attached to an aromatic ring is 1. The van der Waals surface area contributed by atoms with Crippen LogP contribution in [-0.4, -0.2) is 70.5 Å². The van der Waals surface area contributed by atoms with Crippen molar-refractivity contribution in [2.45, 2.75) is 32.9 Å². The molecule has 1 aliphatic rings. The molecule has 1 amide bonds. The quantitative estimate of drug-likeness (QED) is 0.429. The van der Waals surface area contributed by atoms with Crippen LogP contribution >= 0.6 is 0 Å². The summed E-state index contributed by atoms with van der Waals surface area (Å²) in [7, 11) is 1.58. The topological polar surface area (TPSA) is 130 Å². The third kappa shape index (κ3) is 5.72. The van der Waals surface area contributed by atoms with Gasteiger partial charge in [-0.15, -0.1) is 0 Å². The van der Waals surface area contributed by atoms with Crippen molar-refractivity contribution in [2.24, 2.45) is 0 Å². The Balaban J connectivity index is 1.67. The van der Waals surface area contributed by atoms with Gasteiger partial charge in [-0.05, 0) is 44.0 Å². The number of hydrogen-bond donors (Lipinski definition) is 2. The van der Waals surface area contributed by atoms with Gasteiger partial charge < -0.3 is 25.3 Å². The molecule has 11 heteroatoms. The minimum absolute atomic E-state index is 0.0842. The molecule has 0 unspecified atom stereocenters. The Morgan fingerprint density at radius 3 is 2.62 bits per heavy atom. The van der Waals surface area contributed by atoms with Crippen molar-refractivity contribution < 1.29 is 19.0 Å². The van der Waals surface area contributed by atoms with E-state index in [-0.39, 0.29) is 24.4 Å². The van der Waals surface area contributed by atoms with Crippen LogP contribution in [0.25, 0.3) is 11.2 Å². The molecule has 1 saturated heterocycles.